The number of carbonyl (C=O) groups is 2. The van der Waals surface area contributed by atoms with Gasteiger partial charge in [-0.25, -0.2) is 4.98 Å². The van der Waals surface area contributed by atoms with Crippen molar-refractivity contribution in [2.75, 3.05) is 26.1 Å². The summed E-state index contributed by atoms with van der Waals surface area (Å²) in [6, 6.07) is 9.15. The molecule has 0 aliphatic heterocycles. The van der Waals surface area contributed by atoms with Crippen LogP contribution in [0.25, 0.3) is 11.3 Å². The van der Waals surface area contributed by atoms with Crippen molar-refractivity contribution in [1.29, 1.82) is 0 Å². The predicted molar refractivity (Wildman–Crippen MR) is 115 cm³/mol. The van der Waals surface area contributed by atoms with E-state index in [0.29, 0.717) is 40.9 Å². The van der Waals surface area contributed by atoms with Gasteiger partial charge in [-0.3, -0.25) is 9.59 Å². The second-order valence-electron chi connectivity index (χ2n) is 5.99. The first-order valence-electron chi connectivity index (χ1n) is 8.90. The molecule has 0 unspecified atom stereocenters. The minimum Gasteiger partial charge on any atom is -0.493 e. The van der Waals surface area contributed by atoms with Gasteiger partial charge in [0.2, 0.25) is 5.91 Å². The molecular formula is C20H21N3O4S2. The Bertz CT molecular complexity index is 970. The molecular weight excluding hydrogens is 410 g/mol. The van der Waals surface area contributed by atoms with Crippen molar-refractivity contribution in [3.05, 3.63) is 46.0 Å². The Morgan fingerprint density at radius 3 is 2.66 bits per heavy atom. The Labute approximate surface area is 176 Å². The lowest BCUT2D eigenvalue weighted by molar-refractivity contribution is -0.116. The van der Waals surface area contributed by atoms with E-state index in [1.807, 2.05) is 35.0 Å². The van der Waals surface area contributed by atoms with Gasteiger partial charge in [0, 0.05) is 23.9 Å². The molecule has 0 saturated carbocycles. The monoisotopic (exact) mass is 431 g/mol. The van der Waals surface area contributed by atoms with Crippen LogP contribution in [0.15, 0.2) is 41.1 Å². The van der Waals surface area contributed by atoms with E-state index in [1.54, 1.807) is 20.3 Å². The Hall–Kier alpha value is -2.91. The number of nitrogens with zero attached hydrogens (tertiary/aromatic N) is 1. The normalized spacial score (nSPS) is 10.4. The van der Waals surface area contributed by atoms with E-state index in [0.717, 1.165) is 11.3 Å². The highest BCUT2D eigenvalue weighted by molar-refractivity contribution is 7.14. The second kappa shape index (κ2) is 10.0. The first-order chi connectivity index (χ1) is 14.1. The van der Waals surface area contributed by atoms with Crippen LogP contribution in [0.4, 0.5) is 5.13 Å². The standard InChI is InChI=1S/C20H21N3O4S2/c1-26-15-8-7-13(11-16(15)27-2)14-12-29-20(22-14)23-18(24)6-3-9-21-19(25)17-5-4-10-28-17/h4-5,7-8,10-12H,3,6,9H2,1-2H3,(H,21,25)(H,22,23,24). The predicted octanol–water partition coefficient (Wildman–Crippen LogP) is 4.04. The third-order valence-corrected chi connectivity index (χ3v) is 5.67. The number of nitrogens with one attached hydrogen (secondary N) is 2. The average molecular weight is 432 g/mol. The quantitative estimate of drug-likeness (QED) is 0.499. The fraction of sp³-hybridized carbons (Fsp3) is 0.250. The van der Waals surface area contributed by atoms with Crippen molar-refractivity contribution in [3.8, 4) is 22.8 Å². The van der Waals surface area contributed by atoms with Crippen molar-refractivity contribution < 1.29 is 19.1 Å². The molecule has 0 saturated heterocycles. The number of anilines is 1. The Kier molecular flexibility index (Phi) is 7.20. The molecule has 2 N–H and O–H groups in total. The average Bonchev–Trinajstić information content (AvgIpc) is 3.43. The van der Waals surface area contributed by atoms with Gasteiger partial charge in [-0.2, -0.15) is 0 Å². The Balaban J connectivity index is 1.48. The molecule has 2 aromatic heterocycles. The topological polar surface area (TPSA) is 89.6 Å². The van der Waals surface area contributed by atoms with Crippen molar-refractivity contribution in [2.45, 2.75) is 12.8 Å². The third-order valence-electron chi connectivity index (χ3n) is 4.04. The van der Waals surface area contributed by atoms with Gasteiger partial charge < -0.3 is 20.1 Å². The van der Waals surface area contributed by atoms with Gasteiger partial charge in [0.05, 0.1) is 24.8 Å². The lowest BCUT2D eigenvalue weighted by Crippen LogP contribution is -2.24. The van der Waals surface area contributed by atoms with Gasteiger partial charge >= 0.3 is 0 Å². The number of aromatic nitrogens is 1. The molecule has 152 valence electrons. The van der Waals surface area contributed by atoms with Crippen molar-refractivity contribution in [3.63, 3.8) is 0 Å². The Morgan fingerprint density at radius 2 is 1.93 bits per heavy atom. The lowest BCUT2D eigenvalue weighted by Gasteiger charge is -2.08. The molecule has 3 rings (SSSR count). The zero-order valence-electron chi connectivity index (χ0n) is 16.1. The number of hydrogen-bond acceptors (Lipinski definition) is 7. The van der Waals surface area contributed by atoms with Gasteiger partial charge in [0.15, 0.2) is 16.6 Å². The summed E-state index contributed by atoms with van der Waals surface area (Å²) < 4.78 is 10.6. The molecule has 29 heavy (non-hydrogen) atoms. The van der Waals surface area contributed by atoms with E-state index in [-0.39, 0.29) is 11.8 Å². The maximum Gasteiger partial charge on any atom is 0.261 e. The number of amides is 2. The van der Waals surface area contributed by atoms with Crippen LogP contribution in [0.3, 0.4) is 0 Å². The summed E-state index contributed by atoms with van der Waals surface area (Å²) in [4.78, 5) is 29.1. The van der Waals surface area contributed by atoms with E-state index >= 15 is 0 Å². The van der Waals surface area contributed by atoms with Crippen LogP contribution in [0, 0.1) is 0 Å². The molecule has 3 aromatic rings. The number of ether oxygens (including phenoxy) is 2. The number of carbonyl (C=O) groups excluding carboxylic acids is 2. The molecule has 1 aromatic carbocycles. The highest BCUT2D eigenvalue weighted by Crippen LogP contribution is 2.33. The first-order valence-corrected chi connectivity index (χ1v) is 10.7. The largest absolute Gasteiger partial charge is 0.493 e. The molecule has 2 amide bonds. The molecule has 0 fully saturated rings. The molecule has 0 spiro atoms. The second-order valence-corrected chi connectivity index (χ2v) is 7.80. The van der Waals surface area contributed by atoms with Crippen molar-refractivity contribution >= 4 is 39.6 Å². The number of thiazole rings is 1. The lowest BCUT2D eigenvalue weighted by atomic mass is 10.1. The van der Waals surface area contributed by atoms with Crippen LogP contribution < -0.4 is 20.1 Å². The van der Waals surface area contributed by atoms with E-state index < -0.39 is 0 Å². The van der Waals surface area contributed by atoms with Gasteiger partial charge in [0.1, 0.15) is 0 Å². The highest BCUT2D eigenvalue weighted by atomic mass is 32.1. The van der Waals surface area contributed by atoms with Crippen LogP contribution in [-0.4, -0.2) is 37.6 Å². The molecule has 0 bridgehead atoms. The maximum absolute atomic E-state index is 12.1. The summed E-state index contributed by atoms with van der Waals surface area (Å²) >= 11 is 2.74. The molecule has 0 atom stereocenters. The zero-order valence-corrected chi connectivity index (χ0v) is 17.7. The summed E-state index contributed by atoms with van der Waals surface area (Å²) in [5.41, 5.74) is 1.62. The minimum atomic E-state index is -0.136. The molecule has 2 heterocycles. The van der Waals surface area contributed by atoms with Crippen LogP contribution >= 0.6 is 22.7 Å². The summed E-state index contributed by atoms with van der Waals surface area (Å²) in [5.74, 6) is 1.02. The zero-order chi connectivity index (χ0) is 20.6. The van der Waals surface area contributed by atoms with Gasteiger partial charge in [-0.1, -0.05) is 6.07 Å². The summed E-state index contributed by atoms with van der Waals surface area (Å²) in [7, 11) is 3.17. The fourth-order valence-electron chi connectivity index (χ4n) is 2.59. The number of methoxy groups -OCH3 is 2. The summed E-state index contributed by atoms with van der Waals surface area (Å²) in [5, 5.41) is 9.86. The van der Waals surface area contributed by atoms with E-state index in [9.17, 15) is 9.59 Å². The summed E-state index contributed by atoms with van der Waals surface area (Å²) in [6.07, 6.45) is 0.854. The van der Waals surface area contributed by atoms with E-state index in [4.69, 9.17) is 9.47 Å². The molecule has 0 aliphatic rings. The Morgan fingerprint density at radius 1 is 1.10 bits per heavy atom. The molecule has 7 nitrogen and oxygen atoms in total. The third kappa shape index (κ3) is 5.55. The molecule has 9 heteroatoms. The van der Waals surface area contributed by atoms with Gasteiger partial charge in [-0.05, 0) is 36.1 Å². The van der Waals surface area contributed by atoms with E-state index in [2.05, 4.69) is 15.6 Å². The molecule has 0 radical (unpaired) electrons. The minimum absolute atomic E-state index is 0.111. The highest BCUT2D eigenvalue weighted by Gasteiger charge is 2.11. The molecule has 0 aliphatic carbocycles. The van der Waals surface area contributed by atoms with Crippen molar-refractivity contribution in [2.24, 2.45) is 0 Å². The van der Waals surface area contributed by atoms with Crippen molar-refractivity contribution in [1.82, 2.24) is 10.3 Å². The summed E-state index contributed by atoms with van der Waals surface area (Å²) in [6.45, 7) is 0.443. The SMILES string of the molecule is COc1ccc(-c2csc(NC(=O)CCCNC(=O)c3cccs3)n2)cc1OC. The number of rotatable bonds is 9. The van der Waals surface area contributed by atoms with E-state index in [1.165, 1.54) is 22.7 Å². The number of hydrogen-bond donors (Lipinski definition) is 2. The van der Waals surface area contributed by atoms with Crippen LogP contribution in [0.5, 0.6) is 11.5 Å². The fourth-order valence-corrected chi connectivity index (χ4v) is 3.96. The number of benzene rings is 1. The van der Waals surface area contributed by atoms with Crippen LogP contribution in [0.2, 0.25) is 0 Å². The van der Waals surface area contributed by atoms with Gasteiger partial charge in [-0.15, -0.1) is 22.7 Å². The first kappa shape index (κ1) is 20.8. The van der Waals surface area contributed by atoms with Gasteiger partial charge in [0.25, 0.3) is 5.91 Å². The van der Waals surface area contributed by atoms with Crippen LogP contribution in [-0.2, 0) is 4.79 Å². The smallest absolute Gasteiger partial charge is 0.261 e. The number of thiophene rings is 1. The maximum atomic E-state index is 12.1. The van der Waals surface area contributed by atoms with Crippen LogP contribution in [0.1, 0.15) is 22.5 Å².